The quantitative estimate of drug-likeness (QED) is 0.181. The number of carbonyl (C=O) groups is 1. The van der Waals surface area contributed by atoms with Gasteiger partial charge in [-0.3, -0.25) is 4.79 Å². The molecule has 2 saturated heterocycles. The lowest BCUT2D eigenvalue weighted by molar-refractivity contribution is -0.144. The van der Waals surface area contributed by atoms with E-state index in [1.54, 1.807) is 0 Å². The van der Waals surface area contributed by atoms with Crippen molar-refractivity contribution >= 4 is 5.97 Å². The molecule has 4 unspecified atom stereocenters. The summed E-state index contributed by atoms with van der Waals surface area (Å²) in [5, 5.41) is 0. The van der Waals surface area contributed by atoms with E-state index in [-0.39, 0.29) is 5.97 Å². The van der Waals surface area contributed by atoms with Crippen LogP contribution in [0.25, 0.3) is 0 Å². The van der Waals surface area contributed by atoms with Crippen LogP contribution in [0.2, 0.25) is 0 Å². The zero-order valence-electron chi connectivity index (χ0n) is 17.9. The molecule has 4 nitrogen and oxygen atoms in total. The first-order valence-corrected chi connectivity index (χ1v) is 11.6. The van der Waals surface area contributed by atoms with Gasteiger partial charge in [-0.25, -0.2) is 0 Å². The third-order valence-electron chi connectivity index (χ3n) is 5.76. The van der Waals surface area contributed by atoms with Gasteiger partial charge in [0, 0.05) is 12.8 Å². The zero-order chi connectivity index (χ0) is 19.5. The lowest BCUT2D eigenvalue weighted by Crippen LogP contribution is -2.07. The number of ether oxygens (including phenoxy) is 3. The molecular formula is C23H42O4. The van der Waals surface area contributed by atoms with Crippen LogP contribution in [0.4, 0.5) is 0 Å². The Bertz CT molecular complexity index is 409. The number of epoxide rings is 2. The molecule has 0 saturated carbocycles. The monoisotopic (exact) mass is 382 g/mol. The number of unbranched alkanes of at least 4 members (excludes halogenated alkanes) is 6. The fourth-order valence-corrected chi connectivity index (χ4v) is 3.73. The molecule has 2 aliphatic rings. The van der Waals surface area contributed by atoms with Crippen LogP contribution < -0.4 is 0 Å². The summed E-state index contributed by atoms with van der Waals surface area (Å²) in [7, 11) is 0. The fourth-order valence-electron chi connectivity index (χ4n) is 3.73. The van der Waals surface area contributed by atoms with Gasteiger partial charge in [-0.2, -0.15) is 0 Å². The van der Waals surface area contributed by atoms with Gasteiger partial charge in [0.25, 0.3) is 0 Å². The fraction of sp³-hybridized carbons (Fsp3) is 0.957. The van der Waals surface area contributed by atoms with E-state index in [1.165, 1.54) is 51.4 Å². The average molecular weight is 383 g/mol. The molecule has 0 aromatic carbocycles. The third-order valence-corrected chi connectivity index (χ3v) is 5.76. The Morgan fingerprint density at radius 2 is 1.44 bits per heavy atom. The molecule has 2 fully saturated rings. The maximum atomic E-state index is 11.6. The lowest BCUT2D eigenvalue weighted by atomic mass is 10.0. The highest BCUT2D eigenvalue weighted by Gasteiger charge is 2.47. The second kappa shape index (κ2) is 12.8. The van der Waals surface area contributed by atoms with E-state index in [1.807, 2.05) is 0 Å². The van der Waals surface area contributed by atoms with Crippen LogP contribution in [0.1, 0.15) is 104 Å². The maximum absolute atomic E-state index is 11.6. The molecule has 2 rings (SSSR count). The molecule has 0 aliphatic carbocycles. The van der Waals surface area contributed by atoms with Gasteiger partial charge in [-0.1, -0.05) is 65.7 Å². The van der Waals surface area contributed by atoms with Crippen molar-refractivity contribution in [3.8, 4) is 0 Å². The number of hydrogen-bond donors (Lipinski definition) is 0. The molecule has 0 amide bonds. The number of hydrogen-bond acceptors (Lipinski definition) is 4. The van der Waals surface area contributed by atoms with E-state index in [0.29, 0.717) is 43.4 Å². The predicted molar refractivity (Wildman–Crippen MR) is 109 cm³/mol. The Hall–Kier alpha value is -0.610. The van der Waals surface area contributed by atoms with E-state index >= 15 is 0 Å². The normalized spacial score (nSPS) is 26.4. The lowest BCUT2D eigenvalue weighted by Gasteiger charge is -2.06. The average Bonchev–Trinajstić information content (AvgIpc) is 3.53. The van der Waals surface area contributed by atoms with Crippen LogP contribution in [0.3, 0.4) is 0 Å². The molecule has 4 heteroatoms. The van der Waals surface area contributed by atoms with Crippen molar-refractivity contribution in [2.24, 2.45) is 5.92 Å². The SMILES string of the molecule is CCCCCC1OC1CC1OC1CCCCCCCC(=O)OCCC(C)C. The van der Waals surface area contributed by atoms with Crippen LogP contribution in [0.15, 0.2) is 0 Å². The minimum atomic E-state index is -0.0276. The van der Waals surface area contributed by atoms with Gasteiger partial charge in [0.15, 0.2) is 0 Å². The molecule has 4 atom stereocenters. The van der Waals surface area contributed by atoms with Crippen LogP contribution in [0, 0.1) is 5.92 Å². The van der Waals surface area contributed by atoms with Crippen molar-refractivity contribution in [3.63, 3.8) is 0 Å². The molecule has 0 spiro atoms. The van der Waals surface area contributed by atoms with Crippen LogP contribution >= 0.6 is 0 Å². The van der Waals surface area contributed by atoms with Gasteiger partial charge in [0.1, 0.15) is 0 Å². The summed E-state index contributed by atoms with van der Waals surface area (Å²) in [6.45, 7) is 7.11. The Kier molecular flexibility index (Phi) is 10.7. The van der Waals surface area contributed by atoms with Crippen molar-refractivity contribution in [1.29, 1.82) is 0 Å². The van der Waals surface area contributed by atoms with Gasteiger partial charge in [-0.15, -0.1) is 0 Å². The Morgan fingerprint density at radius 3 is 2.07 bits per heavy atom. The van der Waals surface area contributed by atoms with Crippen molar-refractivity contribution in [2.45, 2.75) is 129 Å². The first-order chi connectivity index (χ1) is 13.1. The van der Waals surface area contributed by atoms with E-state index in [0.717, 1.165) is 25.7 Å². The molecule has 0 radical (unpaired) electrons. The van der Waals surface area contributed by atoms with Gasteiger partial charge in [0.05, 0.1) is 31.0 Å². The summed E-state index contributed by atoms with van der Waals surface area (Å²) in [4.78, 5) is 11.6. The molecule has 2 heterocycles. The first kappa shape index (κ1) is 22.7. The summed E-state index contributed by atoms with van der Waals surface area (Å²) in [6.07, 6.45) is 16.7. The summed E-state index contributed by atoms with van der Waals surface area (Å²) < 4.78 is 16.8. The summed E-state index contributed by atoms with van der Waals surface area (Å²) >= 11 is 0. The first-order valence-electron chi connectivity index (χ1n) is 11.6. The Balaban J connectivity index is 1.32. The highest BCUT2D eigenvalue weighted by molar-refractivity contribution is 5.69. The summed E-state index contributed by atoms with van der Waals surface area (Å²) in [6, 6.07) is 0. The van der Waals surface area contributed by atoms with Crippen molar-refractivity contribution < 1.29 is 19.0 Å². The summed E-state index contributed by atoms with van der Waals surface area (Å²) in [5.74, 6) is 0.567. The standard InChI is InChI=1S/C23H42O4/c1-4-5-9-12-19-21(26-19)17-22-20(27-22)13-10-7-6-8-11-14-23(24)25-16-15-18(2)3/h18-22H,4-17H2,1-3H3. The predicted octanol–water partition coefficient (Wildman–Crippen LogP) is 5.81. The highest BCUT2D eigenvalue weighted by atomic mass is 16.6. The topological polar surface area (TPSA) is 51.4 Å². The third kappa shape index (κ3) is 10.5. The number of rotatable bonds is 17. The Morgan fingerprint density at radius 1 is 0.852 bits per heavy atom. The van der Waals surface area contributed by atoms with Crippen molar-refractivity contribution in [3.05, 3.63) is 0 Å². The molecule has 158 valence electrons. The molecule has 2 aliphatic heterocycles. The molecule has 0 aromatic rings. The van der Waals surface area contributed by atoms with E-state index in [9.17, 15) is 4.79 Å². The largest absolute Gasteiger partial charge is 0.466 e. The van der Waals surface area contributed by atoms with E-state index in [2.05, 4.69) is 20.8 Å². The van der Waals surface area contributed by atoms with Crippen LogP contribution in [0.5, 0.6) is 0 Å². The van der Waals surface area contributed by atoms with E-state index in [4.69, 9.17) is 14.2 Å². The molecule has 0 N–H and O–H groups in total. The minimum absolute atomic E-state index is 0.0276. The zero-order valence-corrected chi connectivity index (χ0v) is 17.9. The van der Waals surface area contributed by atoms with Gasteiger partial charge in [-0.05, 0) is 31.6 Å². The minimum Gasteiger partial charge on any atom is -0.466 e. The van der Waals surface area contributed by atoms with Crippen molar-refractivity contribution in [2.75, 3.05) is 6.61 Å². The maximum Gasteiger partial charge on any atom is 0.305 e. The summed E-state index contributed by atoms with van der Waals surface area (Å²) in [5.41, 5.74) is 0. The Labute approximate surface area is 166 Å². The molecular weight excluding hydrogens is 340 g/mol. The van der Waals surface area contributed by atoms with Gasteiger partial charge in [0.2, 0.25) is 0 Å². The van der Waals surface area contributed by atoms with Crippen LogP contribution in [-0.4, -0.2) is 37.0 Å². The van der Waals surface area contributed by atoms with Gasteiger partial charge >= 0.3 is 5.97 Å². The number of esters is 1. The molecule has 0 aromatic heterocycles. The van der Waals surface area contributed by atoms with Crippen molar-refractivity contribution in [1.82, 2.24) is 0 Å². The number of carbonyl (C=O) groups excluding carboxylic acids is 1. The molecule has 27 heavy (non-hydrogen) atoms. The second-order valence-corrected chi connectivity index (χ2v) is 8.87. The van der Waals surface area contributed by atoms with E-state index < -0.39 is 0 Å². The van der Waals surface area contributed by atoms with Gasteiger partial charge < -0.3 is 14.2 Å². The molecule has 0 bridgehead atoms. The smallest absolute Gasteiger partial charge is 0.305 e. The second-order valence-electron chi connectivity index (χ2n) is 8.87. The highest BCUT2D eigenvalue weighted by Crippen LogP contribution is 2.39. The van der Waals surface area contributed by atoms with Crippen LogP contribution in [-0.2, 0) is 19.0 Å².